The van der Waals surface area contributed by atoms with E-state index in [9.17, 15) is 9.59 Å². The highest BCUT2D eigenvalue weighted by Crippen LogP contribution is 2.19. The molecule has 0 saturated heterocycles. The maximum absolute atomic E-state index is 11.3. The first-order chi connectivity index (χ1) is 8.20. The van der Waals surface area contributed by atoms with Gasteiger partial charge in [-0.1, -0.05) is 12.1 Å². The zero-order valence-corrected chi connectivity index (χ0v) is 9.61. The molecule has 0 aliphatic heterocycles. The van der Waals surface area contributed by atoms with E-state index in [2.05, 4.69) is 4.98 Å². The molecule has 0 fully saturated rings. The molecule has 86 valence electrons. The molecule has 0 atom stereocenters. The summed E-state index contributed by atoms with van der Waals surface area (Å²) in [6.07, 6.45) is 0.801. The Kier molecular flexibility index (Phi) is 3.30. The third-order valence-corrected chi connectivity index (χ3v) is 3.12. The largest absolute Gasteiger partial charge is 0.508 e. The second-order valence-corrected chi connectivity index (χ2v) is 4.39. The number of carbonyl (C=O) groups excluding carboxylic acids is 2. The standard InChI is InChI=1S/C12H9NO3S/c14-6-10(16)12-11(17-7-13-12)5-8-1-3-9(15)4-2-8/h1-4,6-7,15H,5H2. The van der Waals surface area contributed by atoms with E-state index in [0.29, 0.717) is 6.42 Å². The predicted molar refractivity (Wildman–Crippen MR) is 63.4 cm³/mol. The zero-order valence-electron chi connectivity index (χ0n) is 8.79. The normalized spacial score (nSPS) is 10.1. The summed E-state index contributed by atoms with van der Waals surface area (Å²) in [7, 11) is 0. The molecule has 2 aromatic rings. The SMILES string of the molecule is O=CC(=O)c1ncsc1Cc1ccc(O)cc1. The summed E-state index contributed by atoms with van der Waals surface area (Å²) in [5, 5.41) is 9.15. The molecule has 1 heterocycles. The predicted octanol–water partition coefficient (Wildman–Crippen LogP) is 1.82. The Morgan fingerprint density at radius 3 is 2.71 bits per heavy atom. The number of thiazole rings is 1. The summed E-state index contributed by atoms with van der Waals surface area (Å²) in [5.74, 6) is -0.401. The Morgan fingerprint density at radius 2 is 2.06 bits per heavy atom. The van der Waals surface area contributed by atoms with Gasteiger partial charge in [0.15, 0.2) is 6.29 Å². The van der Waals surface area contributed by atoms with E-state index in [1.54, 1.807) is 29.8 Å². The molecule has 1 aromatic carbocycles. The third-order valence-electron chi connectivity index (χ3n) is 2.28. The highest BCUT2D eigenvalue weighted by molar-refractivity contribution is 7.10. The zero-order chi connectivity index (χ0) is 12.3. The number of rotatable bonds is 4. The number of hydrogen-bond donors (Lipinski definition) is 1. The van der Waals surface area contributed by atoms with Crippen LogP contribution >= 0.6 is 11.3 Å². The van der Waals surface area contributed by atoms with Crippen molar-refractivity contribution in [3.63, 3.8) is 0 Å². The molecule has 0 bridgehead atoms. The van der Waals surface area contributed by atoms with Crippen LogP contribution in [0.15, 0.2) is 29.8 Å². The number of aromatic hydroxyl groups is 1. The van der Waals surface area contributed by atoms with Crippen molar-refractivity contribution in [1.29, 1.82) is 0 Å². The van der Waals surface area contributed by atoms with E-state index in [1.807, 2.05) is 0 Å². The fourth-order valence-electron chi connectivity index (χ4n) is 1.45. The van der Waals surface area contributed by atoms with Gasteiger partial charge in [0.1, 0.15) is 11.4 Å². The molecular formula is C12H9NO3S. The Bertz CT molecular complexity index is 545. The first-order valence-electron chi connectivity index (χ1n) is 4.90. The van der Waals surface area contributed by atoms with Crippen LogP contribution in [-0.2, 0) is 11.2 Å². The van der Waals surface area contributed by atoms with Gasteiger partial charge >= 0.3 is 0 Å². The van der Waals surface area contributed by atoms with Crippen LogP contribution in [-0.4, -0.2) is 22.2 Å². The molecule has 0 saturated carbocycles. The minimum atomic E-state index is -0.597. The second-order valence-electron chi connectivity index (χ2n) is 3.45. The lowest BCUT2D eigenvalue weighted by atomic mass is 10.1. The van der Waals surface area contributed by atoms with E-state index >= 15 is 0 Å². The van der Waals surface area contributed by atoms with Crippen LogP contribution in [0.5, 0.6) is 5.75 Å². The summed E-state index contributed by atoms with van der Waals surface area (Å²) in [5.41, 5.74) is 2.72. The van der Waals surface area contributed by atoms with E-state index in [-0.39, 0.29) is 17.7 Å². The van der Waals surface area contributed by atoms with Gasteiger partial charge in [-0.2, -0.15) is 0 Å². The Morgan fingerprint density at radius 1 is 1.35 bits per heavy atom. The smallest absolute Gasteiger partial charge is 0.244 e. The molecule has 2 rings (SSSR count). The average molecular weight is 247 g/mol. The highest BCUT2D eigenvalue weighted by Gasteiger charge is 2.14. The van der Waals surface area contributed by atoms with Gasteiger partial charge in [0.2, 0.25) is 5.78 Å². The molecule has 5 heteroatoms. The van der Waals surface area contributed by atoms with Crippen LogP contribution < -0.4 is 0 Å². The van der Waals surface area contributed by atoms with Crippen LogP contribution in [0.2, 0.25) is 0 Å². The maximum Gasteiger partial charge on any atom is 0.244 e. The van der Waals surface area contributed by atoms with Gasteiger partial charge in [-0.15, -0.1) is 11.3 Å². The van der Waals surface area contributed by atoms with E-state index in [4.69, 9.17) is 5.11 Å². The Labute approximate surface area is 102 Å². The highest BCUT2D eigenvalue weighted by atomic mass is 32.1. The van der Waals surface area contributed by atoms with Gasteiger partial charge in [-0.05, 0) is 17.7 Å². The number of phenolic OH excluding ortho intramolecular Hbond substituents is 1. The Hall–Kier alpha value is -2.01. The van der Waals surface area contributed by atoms with Crippen LogP contribution in [0, 0.1) is 0 Å². The van der Waals surface area contributed by atoms with E-state index in [1.165, 1.54) is 11.3 Å². The first-order valence-corrected chi connectivity index (χ1v) is 5.78. The van der Waals surface area contributed by atoms with E-state index < -0.39 is 5.78 Å². The van der Waals surface area contributed by atoms with Crippen molar-refractivity contribution in [3.05, 3.63) is 45.9 Å². The number of Topliss-reactive ketones (excluding diaryl/α,β-unsaturated/α-hetero) is 1. The molecule has 0 unspecified atom stereocenters. The van der Waals surface area contributed by atoms with Crippen molar-refractivity contribution >= 4 is 23.4 Å². The minimum absolute atomic E-state index is 0.197. The summed E-state index contributed by atoms with van der Waals surface area (Å²) >= 11 is 1.34. The molecule has 0 spiro atoms. The average Bonchev–Trinajstić information content (AvgIpc) is 2.79. The fraction of sp³-hybridized carbons (Fsp3) is 0.0833. The molecule has 0 radical (unpaired) electrons. The molecule has 17 heavy (non-hydrogen) atoms. The van der Waals surface area contributed by atoms with Crippen molar-refractivity contribution in [3.8, 4) is 5.75 Å². The topological polar surface area (TPSA) is 67.3 Å². The lowest BCUT2D eigenvalue weighted by molar-refractivity contribution is -0.104. The van der Waals surface area contributed by atoms with Gasteiger partial charge < -0.3 is 5.11 Å². The lowest BCUT2D eigenvalue weighted by Gasteiger charge is -2.00. The van der Waals surface area contributed by atoms with Crippen molar-refractivity contribution < 1.29 is 14.7 Å². The summed E-state index contributed by atoms with van der Waals surface area (Å²) in [4.78, 5) is 26.4. The number of aromatic nitrogens is 1. The summed E-state index contributed by atoms with van der Waals surface area (Å²) < 4.78 is 0. The van der Waals surface area contributed by atoms with Crippen molar-refractivity contribution in [2.24, 2.45) is 0 Å². The fourth-order valence-corrected chi connectivity index (χ4v) is 2.25. The van der Waals surface area contributed by atoms with Crippen LogP contribution in [0.1, 0.15) is 20.9 Å². The van der Waals surface area contributed by atoms with Gasteiger partial charge in [0, 0.05) is 11.3 Å². The summed E-state index contributed by atoms with van der Waals surface area (Å²) in [6, 6.07) is 6.70. The quantitative estimate of drug-likeness (QED) is 0.508. The molecular weight excluding hydrogens is 238 g/mol. The number of nitrogens with zero attached hydrogens (tertiary/aromatic N) is 1. The minimum Gasteiger partial charge on any atom is -0.508 e. The van der Waals surface area contributed by atoms with E-state index in [0.717, 1.165) is 10.4 Å². The van der Waals surface area contributed by atoms with Gasteiger partial charge in [0.05, 0.1) is 5.51 Å². The molecule has 0 aliphatic carbocycles. The number of benzene rings is 1. The first kappa shape index (κ1) is 11.5. The Balaban J connectivity index is 2.24. The van der Waals surface area contributed by atoms with Gasteiger partial charge in [-0.3, -0.25) is 9.59 Å². The third kappa shape index (κ3) is 2.57. The van der Waals surface area contributed by atoms with Crippen molar-refractivity contribution in [1.82, 2.24) is 4.98 Å². The molecule has 0 amide bonds. The maximum atomic E-state index is 11.3. The molecule has 0 aliphatic rings. The number of hydrogen-bond acceptors (Lipinski definition) is 5. The number of phenols is 1. The summed E-state index contributed by atoms with van der Waals surface area (Å²) in [6.45, 7) is 0. The second kappa shape index (κ2) is 4.88. The lowest BCUT2D eigenvalue weighted by Crippen LogP contribution is -2.04. The van der Waals surface area contributed by atoms with Crippen LogP contribution in [0.25, 0.3) is 0 Å². The molecule has 1 N–H and O–H groups in total. The van der Waals surface area contributed by atoms with Crippen molar-refractivity contribution in [2.45, 2.75) is 6.42 Å². The van der Waals surface area contributed by atoms with Crippen LogP contribution in [0.4, 0.5) is 0 Å². The van der Waals surface area contributed by atoms with Gasteiger partial charge in [0.25, 0.3) is 0 Å². The number of aldehydes is 1. The molecule has 1 aromatic heterocycles. The number of ketones is 1. The number of carbonyl (C=O) groups is 2. The van der Waals surface area contributed by atoms with Crippen molar-refractivity contribution in [2.75, 3.05) is 0 Å². The monoisotopic (exact) mass is 247 g/mol. The van der Waals surface area contributed by atoms with Gasteiger partial charge in [-0.25, -0.2) is 4.98 Å². The van der Waals surface area contributed by atoms with Crippen LogP contribution in [0.3, 0.4) is 0 Å². The molecule has 4 nitrogen and oxygen atoms in total.